The summed E-state index contributed by atoms with van der Waals surface area (Å²) in [5.41, 5.74) is 11.4. The summed E-state index contributed by atoms with van der Waals surface area (Å²) in [5.74, 6) is 0.0932. The third-order valence-electron chi connectivity index (χ3n) is 5.81. The van der Waals surface area contributed by atoms with Gasteiger partial charge in [0.15, 0.2) is 5.78 Å². The minimum atomic E-state index is -0.417. The van der Waals surface area contributed by atoms with Crippen LogP contribution in [0.3, 0.4) is 0 Å². The van der Waals surface area contributed by atoms with Crippen molar-refractivity contribution in [2.24, 2.45) is 11.1 Å². The molecule has 1 heterocycles. The Bertz CT molecular complexity index is 1070. The monoisotopic (exact) mass is 383 g/mol. The van der Waals surface area contributed by atoms with Gasteiger partial charge in [0.25, 0.3) is 0 Å². The summed E-state index contributed by atoms with van der Waals surface area (Å²) >= 11 is 0. The molecule has 1 atom stereocenters. The molecule has 0 bridgehead atoms. The van der Waals surface area contributed by atoms with Crippen LogP contribution in [0.5, 0.6) is 0 Å². The number of carbonyl (C=O) groups is 1. The molecule has 2 N–H and O–H groups in total. The van der Waals surface area contributed by atoms with E-state index in [1.807, 2.05) is 66.4 Å². The van der Waals surface area contributed by atoms with Crippen molar-refractivity contribution in [1.29, 1.82) is 5.26 Å². The Morgan fingerprint density at radius 2 is 1.72 bits per heavy atom. The zero-order valence-corrected chi connectivity index (χ0v) is 17.1. The van der Waals surface area contributed by atoms with Crippen molar-refractivity contribution in [1.82, 2.24) is 0 Å². The zero-order chi connectivity index (χ0) is 20.8. The number of nitriles is 1. The molecule has 0 saturated heterocycles. The Hall–Kier alpha value is -3.32. The van der Waals surface area contributed by atoms with Crippen LogP contribution in [0.1, 0.15) is 43.7 Å². The smallest absolute Gasteiger partial charge is 0.162 e. The van der Waals surface area contributed by atoms with E-state index in [9.17, 15) is 10.1 Å². The van der Waals surface area contributed by atoms with Crippen molar-refractivity contribution in [2.75, 3.05) is 4.90 Å². The summed E-state index contributed by atoms with van der Waals surface area (Å²) in [5, 5.41) is 10.0. The van der Waals surface area contributed by atoms with E-state index in [4.69, 9.17) is 5.73 Å². The van der Waals surface area contributed by atoms with Crippen LogP contribution in [-0.4, -0.2) is 5.78 Å². The van der Waals surface area contributed by atoms with Crippen LogP contribution in [0.2, 0.25) is 0 Å². The van der Waals surface area contributed by atoms with E-state index in [2.05, 4.69) is 19.9 Å². The Morgan fingerprint density at radius 3 is 2.34 bits per heavy atom. The number of rotatable bonds is 2. The van der Waals surface area contributed by atoms with Crippen LogP contribution < -0.4 is 10.6 Å². The molecular weight excluding hydrogens is 358 g/mol. The van der Waals surface area contributed by atoms with E-state index in [-0.39, 0.29) is 11.2 Å². The molecule has 29 heavy (non-hydrogen) atoms. The first-order valence-corrected chi connectivity index (χ1v) is 9.90. The van der Waals surface area contributed by atoms with E-state index in [1.54, 1.807) is 0 Å². The van der Waals surface area contributed by atoms with Gasteiger partial charge in [-0.3, -0.25) is 9.69 Å². The van der Waals surface area contributed by atoms with Gasteiger partial charge in [-0.1, -0.05) is 61.9 Å². The number of benzene rings is 2. The van der Waals surface area contributed by atoms with Crippen LogP contribution in [0.15, 0.2) is 77.3 Å². The van der Waals surface area contributed by atoms with Gasteiger partial charge in [-0.05, 0) is 36.5 Å². The van der Waals surface area contributed by atoms with E-state index in [1.165, 1.54) is 0 Å². The maximum absolute atomic E-state index is 13.4. The summed E-state index contributed by atoms with van der Waals surface area (Å²) in [6.45, 7) is 6.24. The molecule has 0 spiro atoms. The highest BCUT2D eigenvalue weighted by Crippen LogP contribution is 2.50. The minimum Gasteiger partial charge on any atom is -0.384 e. The minimum absolute atomic E-state index is 0.100. The van der Waals surface area contributed by atoms with Crippen molar-refractivity contribution in [2.45, 2.75) is 39.5 Å². The lowest BCUT2D eigenvalue weighted by Gasteiger charge is -2.43. The van der Waals surface area contributed by atoms with Crippen LogP contribution in [0.4, 0.5) is 5.69 Å². The van der Waals surface area contributed by atoms with Gasteiger partial charge in [-0.15, -0.1) is 0 Å². The molecule has 4 nitrogen and oxygen atoms in total. The highest BCUT2D eigenvalue weighted by molar-refractivity contribution is 6.01. The van der Waals surface area contributed by atoms with Crippen LogP contribution in [-0.2, 0) is 4.79 Å². The average molecular weight is 383 g/mol. The number of anilines is 1. The van der Waals surface area contributed by atoms with Gasteiger partial charge >= 0.3 is 0 Å². The van der Waals surface area contributed by atoms with Crippen LogP contribution in [0.25, 0.3) is 0 Å². The SMILES string of the molecule is Cc1ccc(C2C(C#N)=C(N)N(c3ccccc3)C3=C2C(=O)CC(C)(C)C3)cc1. The third-order valence-corrected chi connectivity index (χ3v) is 5.81. The number of hydrogen-bond acceptors (Lipinski definition) is 4. The lowest BCUT2D eigenvalue weighted by molar-refractivity contribution is -0.118. The standard InChI is InChI=1S/C25H25N3O/c1-16-9-11-17(12-10-16)22-19(15-26)24(27)28(18-7-5-4-6-8-18)20-13-25(2,3)14-21(29)23(20)22/h4-12,22H,13-14,27H2,1-3H3. The molecule has 0 fully saturated rings. The van der Waals surface area contributed by atoms with Crippen molar-refractivity contribution in [3.05, 3.63) is 88.4 Å². The number of hydrogen-bond donors (Lipinski definition) is 1. The normalized spacial score (nSPS) is 21.1. The molecule has 1 aliphatic carbocycles. The molecule has 4 heteroatoms. The first-order valence-electron chi connectivity index (χ1n) is 9.90. The van der Waals surface area contributed by atoms with Crippen LogP contribution in [0, 0.1) is 23.7 Å². The maximum Gasteiger partial charge on any atom is 0.162 e. The third kappa shape index (κ3) is 3.23. The number of nitrogens with zero attached hydrogens (tertiary/aromatic N) is 2. The highest BCUT2D eigenvalue weighted by Gasteiger charge is 2.44. The highest BCUT2D eigenvalue weighted by atomic mass is 16.1. The van der Waals surface area contributed by atoms with Crippen LogP contribution >= 0.6 is 0 Å². The summed E-state index contributed by atoms with van der Waals surface area (Å²) in [4.78, 5) is 15.3. The average Bonchev–Trinajstić information content (AvgIpc) is 2.67. The Morgan fingerprint density at radius 1 is 1.07 bits per heavy atom. The molecule has 0 radical (unpaired) electrons. The topological polar surface area (TPSA) is 70.1 Å². The molecule has 2 aromatic carbocycles. The number of para-hydroxylation sites is 1. The predicted octanol–water partition coefficient (Wildman–Crippen LogP) is 4.94. The summed E-state index contributed by atoms with van der Waals surface area (Å²) in [6, 6.07) is 20.1. The Kier molecular flexibility index (Phi) is 4.55. The number of nitrogens with two attached hydrogens (primary N) is 1. The van der Waals surface area contributed by atoms with Gasteiger partial charge in [-0.25, -0.2) is 0 Å². The molecule has 0 saturated carbocycles. The number of aryl methyl sites for hydroxylation is 1. The van der Waals surface area contributed by atoms with E-state index in [0.29, 0.717) is 23.4 Å². The molecule has 1 unspecified atom stereocenters. The molecule has 146 valence electrons. The molecular formula is C25H25N3O. The van der Waals surface area contributed by atoms with E-state index < -0.39 is 5.92 Å². The second-order valence-electron chi connectivity index (χ2n) is 8.73. The van der Waals surface area contributed by atoms with Gasteiger partial charge in [0.1, 0.15) is 5.82 Å². The Labute approximate surface area is 171 Å². The van der Waals surface area contributed by atoms with Crippen molar-refractivity contribution in [3.8, 4) is 6.07 Å². The van der Waals surface area contributed by atoms with Gasteiger partial charge in [0.05, 0.1) is 17.6 Å². The lowest BCUT2D eigenvalue weighted by Crippen LogP contribution is -2.42. The quantitative estimate of drug-likeness (QED) is 0.798. The number of carbonyl (C=O) groups excluding carboxylic acids is 1. The summed E-state index contributed by atoms with van der Waals surface area (Å²) < 4.78 is 0. The molecule has 1 aliphatic heterocycles. The van der Waals surface area contributed by atoms with E-state index >= 15 is 0 Å². The first kappa shape index (κ1) is 19.0. The van der Waals surface area contributed by atoms with Crippen molar-refractivity contribution < 1.29 is 4.79 Å². The number of ketones is 1. The molecule has 2 aliphatic rings. The predicted molar refractivity (Wildman–Crippen MR) is 115 cm³/mol. The first-order chi connectivity index (χ1) is 13.8. The van der Waals surface area contributed by atoms with Gasteiger partial charge < -0.3 is 5.73 Å². The van der Waals surface area contributed by atoms with E-state index in [0.717, 1.165) is 28.9 Å². The molecule has 4 rings (SSSR count). The zero-order valence-electron chi connectivity index (χ0n) is 17.1. The Balaban J connectivity index is 1.99. The largest absolute Gasteiger partial charge is 0.384 e. The second-order valence-corrected chi connectivity index (χ2v) is 8.73. The van der Waals surface area contributed by atoms with Crippen molar-refractivity contribution in [3.63, 3.8) is 0 Å². The maximum atomic E-state index is 13.4. The lowest BCUT2D eigenvalue weighted by atomic mass is 9.68. The summed E-state index contributed by atoms with van der Waals surface area (Å²) in [6.07, 6.45) is 1.19. The molecule has 0 amide bonds. The second kappa shape index (κ2) is 6.93. The fourth-order valence-electron chi connectivity index (χ4n) is 4.47. The van der Waals surface area contributed by atoms with Crippen molar-refractivity contribution >= 4 is 11.5 Å². The summed E-state index contributed by atoms with van der Waals surface area (Å²) in [7, 11) is 0. The number of allylic oxidation sites excluding steroid dienone is 3. The number of Topliss-reactive ketones (excluding diaryl/α,β-unsaturated/α-hetero) is 1. The fourth-order valence-corrected chi connectivity index (χ4v) is 4.47. The van der Waals surface area contributed by atoms with Gasteiger partial charge in [-0.2, -0.15) is 5.26 Å². The molecule has 2 aromatic rings. The van der Waals surface area contributed by atoms with Gasteiger partial charge in [0.2, 0.25) is 0 Å². The van der Waals surface area contributed by atoms with Gasteiger partial charge in [0, 0.05) is 23.4 Å². The fraction of sp³-hybridized carbons (Fsp3) is 0.280. The molecule has 0 aromatic heterocycles.